The van der Waals surface area contributed by atoms with Crippen LogP contribution in [0.25, 0.3) is 0 Å². The predicted molar refractivity (Wildman–Crippen MR) is 52.2 cm³/mol. The van der Waals surface area contributed by atoms with Crippen LogP contribution in [0.1, 0.15) is 26.2 Å². The van der Waals surface area contributed by atoms with Crippen molar-refractivity contribution in [3.05, 3.63) is 0 Å². The predicted octanol–water partition coefficient (Wildman–Crippen LogP) is 1.65. The van der Waals surface area contributed by atoms with E-state index in [1.54, 1.807) is 6.92 Å². The zero-order valence-corrected chi connectivity index (χ0v) is 9.38. The first-order chi connectivity index (χ1) is 7.70. The van der Waals surface area contributed by atoms with E-state index in [0.717, 1.165) is 4.90 Å². The van der Waals surface area contributed by atoms with Crippen molar-refractivity contribution in [2.45, 2.75) is 32.4 Å². The van der Waals surface area contributed by atoms with Crippen molar-refractivity contribution >= 4 is 11.9 Å². The normalized spacial score (nSPS) is 25.1. The average Bonchev–Trinajstić information content (AvgIpc) is 2.60. The summed E-state index contributed by atoms with van der Waals surface area (Å²) in [6.45, 7) is 1.61. The Morgan fingerprint density at radius 3 is 2.35 bits per heavy atom. The van der Waals surface area contributed by atoms with E-state index in [-0.39, 0.29) is 19.5 Å². The van der Waals surface area contributed by atoms with Gasteiger partial charge >= 0.3 is 12.1 Å². The van der Waals surface area contributed by atoms with Gasteiger partial charge in [-0.1, -0.05) is 6.92 Å². The maximum absolute atomic E-state index is 12.0. The first-order valence-electron chi connectivity index (χ1n) is 5.28. The van der Waals surface area contributed by atoms with Crippen LogP contribution in [-0.2, 0) is 9.59 Å². The van der Waals surface area contributed by atoms with E-state index in [1.807, 2.05) is 0 Å². The molecule has 7 heteroatoms. The SMILES string of the molecule is CCC1(C(=O)O)CCN(C(=O)CC(F)(F)F)C1. The molecule has 0 aromatic carbocycles. The second kappa shape index (κ2) is 4.54. The Labute approximate surface area is 96.4 Å². The third kappa shape index (κ3) is 3.10. The molecule has 0 aliphatic carbocycles. The highest BCUT2D eigenvalue weighted by molar-refractivity contribution is 5.81. The average molecular weight is 253 g/mol. The summed E-state index contributed by atoms with van der Waals surface area (Å²) in [5.41, 5.74) is -1.08. The zero-order chi connectivity index (χ0) is 13.3. The molecule has 0 aromatic heterocycles. The highest BCUT2D eigenvalue weighted by atomic mass is 19.4. The van der Waals surface area contributed by atoms with Gasteiger partial charge in [-0.2, -0.15) is 13.2 Å². The molecule has 1 unspecified atom stereocenters. The summed E-state index contributed by atoms with van der Waals surface area (Å²) in [5, 5.41) is 9.04. The van der Waals surface area contributed by atoms with Gasteiger partial charge in [0.1, 0.15) is 6.42 Å². The van der Waals surface area contributed by atoms with Gasteiger partial charge < -0.3 is 10.0 Å². The van der Waals surface area contributed by atoms with Crippen LogP contribution in [0.15, 0.2) is 0 Å². The molecule has 1 fully saturated rings. The van der Waals surface area contributed by atoms with E-state index in [1.165, 1.54) is 0 Å². The minimum Gasteiger partial charge on any atom is -0.481 e. The largest absolute Gasteiger partial charge is 0.481 e. The van der Waals surface area contributed by atoms with Crippen LogP contribution in [0.3, 0.4) is 0 Å². The lowest BCUT2D eigenvalue weighted by Crippen LogP contribution is -2.37. The van der Waals surface area contributed by atoms with Gasteiger partial charge in [-0.25, -0.2) is 0 Å². The molecule has 1 N–H and O–H groups in total. The molecule has 98 valence electrons. The molecule has 1 aliphatic heterocycles. The van der Waals surface area contributed by atoms with Crippen molar-refractivity contribution in [2.24, 2.45) is 5.41 Å². The Balaban J connectivity index is 2.67. The van der Waals surface area contributed by atoms with Gasteiger partial charge in [-0.15, -0.1) is 0 Å². The number of amides is 1. The van der Waals surface area contributed by atoms with Gasteiger partial charge in [0.05, 0.1) is 5.41 Å². The number of carboxylic acid groups (broad SMARTS) is 1. The van der Waals surface area contributed by atoms with E-state index in [2.05, 4.69) is 0 Å². The molecular weight excluding hydrogens is 239 g/mol. The van der Waals surface area contributed by atoms with Gasteiger partial charge in [-0.3, -0.25) is 9.59 Å². The van der Waals surface area contributed by atoms with Gasteiger partial charge in [0.2, 0.25) is 5.91 Å². The summed E-state index contributed by atoms with van der Waals surface area (Å²) in [5.74, 6) is -2.10. The maximum Gasteiger partial charge on any atom is 0.397 e. The van der Waals surface area contributed by atoms with Crippen LogP contribution in [0, 0.1) is 5.41 Å². The van der Waals surface area contributed by atoms with Gasteiger partial charge in [-0.05, 0) is 12.8 Å². The molecular formula is C10H14F3NO3. The van der Waals surface area contributed by atoms with Gasteiger partial charge in [0, 0.05) is 13.1 Å². The lowest BCUT2D eigenvalue weighted by atomic mass is 9.84. The topological polar surface area (TPSA) is 57.6 Å². The second-order valence-electron chi connectivity index (χ2n) is 4.30. The minimum atomic E-state index is -4.54. The summed E-state index contributed by atoms with van der Waals surface area (Å²) in [6, 6.07) is 0. The Kier molecular flexibility index (Phi) is 3.68. The number of carbonyl (C=O) groups is 2. The summed E-state index contributed by atoms with van der Waals surface area (Å²) in [6.07, 6.45) is -5.55. The van der Waals surface area contributed by atoms with E-state index in [9.17, 15) is 22.8 Å². The monoisotopic (exact) mass is 253 g/mol. The van der Waals surface area contributed by atoms with Crippen LogP contribution < -0.4 is 0 Å². The number of nitrogens with zero attached hydrogens (tertiary/aromatic N) is 1. The number of rotatable bonds is 3. The Morgan fingerprint density at radius 2 is 2.00 bits per heavy atom. The van der Waals surface area contributed by atoms with E-state index >= 15 is 0 Å². The Bertz CT molecular complexity index is 329. The molecule has 1 saturated heterocycles. The molecule has 1 atom stereocenters. The van der Waals surface area contributed by atoms with E-state index < -0.39 is 29.9 Å². The first kappa shape index (κ1) is 13.8. The standard InChI is InChI=1S/C10H14F3NO3/c1-2-9(8(16)17)3-4-14(6-9)7(15)5-10(11,12)13/h2-6H2,1H3,(H,16,17). The molecule has 4 nitrogen and oxygen atoms in total. The van der Waals surface area contributed by atoms with Crippen molar-refractivity contribution in [1.82, 2.24) is 4.90 Å². The van der Waals surface area contributed by atoms with Gasteiger partial charge in [0.15, 0.2) is 0 Å². The smallest absolute Gasteiger partial charge is 0.397 e. The minimum absolute atomic E-state index is 0.0784. The number of carbonyl (C=O) groups excluding carboxylic acids is 1. The van der Waals surface area contributed by atoms with Crippen molar-refractivity contribution in [1.29, 1.82) is 0 Å². The number of alkyl halides is 3. The molecule has 0 saturated carbocycles. The van der Waals surface area contributed by atoms with Crippen molar-refractivity contribution in [3.8, 4) is 0 Å². The van der Waals surface area contributed by atoms with Crippen LogP contribution in [-0.4, -0.2) is 41.1 Å². The van der Waals surface area contributed by atoms with Crippen molar-refractivity contribution in [2.75, 3.05) is 13.1 Å². The molecule has 1 heterocycles. The summed E-state index contributed by atoms with van der Waals surface area (Å²) in [4.78, 5) is 23.3. The second-order valence-corrected chi connectivity index (χ2v) is 4.30. The van der Waals surface area contributed by atoms with E-state index in [0.29, 0.717) is 6.42 Å². The lowest BCUT2D eigenvalue weighted by Gasteiger charge is -2.23. The van der Waals surface area contributed by atoms with Crippen LogP contribution >= 0.6 is 0 Å². The molecule has 1 aliphatic rings. The molecule has 1 rings (SSSR count). The first-order valence-corrected chi connectivity index (χ1v) is 5.28. The quantitative estimate of drug-likeness (QED) is 0.832. The maximum atomic E-state index is 12.0. The Hall–Kier alpha value is -1.27. The third-order valence-electron chi connectivity index (χ3n) is 3.19. The summed E-state index contributed by atoms with van der Waals surface area (Å²) >= 11 is 0. The fraction of sp³-hybridized carbons (Fsp3) is 0.800. The molecule has 0 aromatic rings. The lowest BCUT2D eigenvalue weighted by molar-refractivity contribution is -0.161. The number of halogens is 3. The number of likely N-dealkylation sites (tertiary alicyclic amines) is 1. The molecule has 0 spiro atoms. The molecule has 1 amide bonds. The third-order valence-corrected chi connectivity index (χ3v) is 3.19. The van der Waals surface area contributed by atoms with Crippen LogP contribution in [0.5, 0.6) is 0 Å². The highest BCUT2D eigenvalue weighted by Crippen LogP contribution is 2.35. The van der Waals surface area contributed by atoms with Crippen molar-refractivity contribution in [3.63, 3.8) is 0 Å². The van der Waals surface area contributed by atoms with Crippen LogP contribution in [0.4, 0.5) is 13.2 Å². The van der Waals surface area contributed by atoms with Crippen LogP contribution in [0.2, 0.25) is 0 Å². The molecule has 0 radical (unpaired) electrons. The zero-order valence-electron chi connectivity index (χ0n) is 9.38. The number of hydrogen-bond donors (Lipinski definition) is 1. The van der Waals surface area contributed by atoms with Gasteiger partial charge in [0.25, 0.3) is 0 Å². The fourth-order valence-corrected chi connectivity index (χ4v) is 1.98. The van der Waals surface area contributed by atoms with Crippen molar-refractivity contribution < 1.29 is 27.9 Å². The molecule has 17 heavy (non-hydrogen) atoms. The Morgan fingerprint density at radius 1 is 1.41 bits per heavy atom. The number of aliphatic carboxylic acids is 1. The number of hydrogen-bond acceptors (Lipinski definition) is 2. The fourth-order valence-electron chi connectivity index (χ4n) is 1.98. The molecule has 0 bridgehead atoms. The summed E-state index contributed by atoms with van der Waals surface area (Å²) < 4.78 is 36.1. The summed E-state index contributed by atoms with van der Waals surface area (Å²) in [7, 11) is 0. The highest BCUT2D eigenvalue weighted by Gasteiger charge is 2.46. The van der Waals surface area contributed by atoms with E-state index in [4.69, 9.17) is 5.11 Å². The number of carboxylic acids is 1.